The maximum absolute atomic E-state index is 11.2. The molecule has 0 bridgehead atoms. The van der Waals surface area contributed by atoms with Crippen LogP contribution in [0.5, 0.6) is 0 Å². The molecule has 0 fully saturated rings. The van der Waals surface area contributed by atoms with Crippen LogP contribution in [0.4, 0.5) is 0 Å². The molecule has 4 nitrogen and oxygen atoms in total. The summed E-state index contributed by atoms with van der Waals surface area (Å²) < 4.78 is 9.78. The van der Waals surface area contributed by atoms with Crippen LogP contribution in [-0.2, 0) is 14.3 Å². The predicted molar refractivity (Wildman–Crippen MR) is 59.8 cm³/mol. The summed E-state index contributed by atoms with van der Waals surface area (Å²) in [6, 6.07) is 0. The number of carbonyl (C=O) groups excluding carboxylic acids is 1. The van der Waals surface area contributed by atoms with Crippen molar-refractivity contribution in [2.75, 3.05) is 40.5 Å². The molecule has 0 aromatic rings. The van der Waals surface area contributed by atoms with Gasteiger partial charge in [-0.05, 0) is 20.4 Å². The van der Waals surface area contributed by atoms with E-state index >= 15 is 0 Å². The second-order valence-electron chi connectivity index (χ2n) is 3.41. The van der Waals surface area contributed by atoms with E-state index in [0.717, 1.165) is 19.6 Å². The maximum atomic E-state index is 11.2. The second kappa shape index (κ2) is 8.44. The van der Waals surface area contributed by atoms with E-state index in [1.807, 2.05) is 11.9 Å². The molecule has 0 amide bonds. The smallest absolute Gasteiger partial charge is 0.334 e. The minimum atomic E-state index is -0.309. The van der Waals surface area contributed by atoms with E-state index in [9.17, 15) is 4.79 Å². The molecule has 0 aliphatic rings. The number of hydrogen-bond acceptors (Lipinski definition) is 4. The number of esters is 1. The SMILES string of the molecule is C=C(CN(C)CCCOC)C(=O)OCC. The van der Waals surface area contributed by atoms with Gasteiger partial charge in [0.1, 0.15) is 0 Å². The molecule has 0 aromatic heterocycles. The molecule has 4 heteroatoms. The number of carbonyl (C=O) groups is 1. The lowest BCUT2D eigenvalue weighted by Gasteiger charge is -2.16. The summed E-state index contributed by atoms with van der Waals surface area (Å²) in [5, 5.41) is 0. The molecule has 88 valence electrons. The summed E-state index contributed by atoms with van der Waals surface area (Å²) in [4.78, 5) is 13.3. The van der Waals surface area contributed by atoms with Crippen LogP contribution in [0.25, 0.3) is 0 Å². The van der Waals surface area contributed by atoms with Crippen molar-refractivity contribution in [1.82, 2.24) is 4.90 Å². The van der Waals surface area contributed by atoms with Crippen molar-refractivity contribution in [3.8, 4) is 0 Å². The molecule has 0 aromatic carbocycles. The first-order chi connectivity index (χ1) is 7.11. The minimum Gasteiger partial charge on any atom is -0.463 e. The summed E-state index contributed by atoms with van der Waals surface area (Å²) in [6.07, 6.45) is 0.948. The van der Waals surface area contributed by atoms with E-state index in [1.54, 1.807) is 14.0 Å². The third-order valence-electron chi connectivity index (χ3n) is 1.91. The van der Waals surface area contributed by atoms with Gasteiger partial charge < -0.3 is 14.4 Å². The zero-order chi connectivity index (χ0) is 11.7. The fraction of sp³-hybridized carbons (Fsp3) is 0.727. The number of hydrogen-bond donors (Lipinski definition) is 0. The Hall–Kier alpha value is -0.870. The number of ether oxygens (including phenoxy) is 2. The summed E-state index contributed by atoms with van der Waals surface area (Å²) in [5.74, 6) is -0.309. The fourth-order valence-electron chi connectivity index (χ4n) is 1.18. The Kier molecular flexibility index (Phi) is 7.95. The molecule has 0 N–H and O–H groups in total. The first-order valence-electron chi connectivity index (χ1n) is 5.14. The highest BCUT2D eigenvalue weighted by Gasteiger charge is 2.09. The van der Waals surface area contributed by atoms with Crippen molar-refractivity contribution in [3.05, 3.63) is 12.2 Å². The zero-order valence-electron chi connectivity index (χ0n) is 9.91. The molecular weight excluding hydrogens is 194 g/mol. The van der Waals surface area contributed by atoms with Crippen LogP contribution in [0.15, 0.2) is 12.2 Å². The first-order valence-corrected chi connectivity index (χ1v) is 5.14. The second-order valence-corrected chi connectivity index (χ2v) is 3.41. The molecule has 0 unspecified atom stereocenters. The van der Waals surface area contributed by atoms with Crippen molar-refractivity contribution >= 4 is 5.97 Å². The molecule has 0 aliphatic heterocycles. The number of methoxy groups -OCH3 is 1. The van der Waals surface area contributed by atoms with Gasteiger partial charge in [-0.25, -0.2) is 4.79 Å². The van der Waals surface area contributed by atoms with Gasteiger partial charge >= 0.3 is 5.97 Å². The number of rotatable bonds is 8. The summed E-state index contributed by atoms with van der Waals surface area (Å²) in [5.41, 5.74) is 0.497. The fourth-order valence-corrected chi connectivity index (χ4v) is 1.18. The lowest BCUT2D eigenvalue weighted by Crippen LogP contribution is -2.26. The van der Waals surface area contributed by atoms with Gasteiger partial charge in [-0.15, -0.1) is 0 Å². The average Bonchev–Trinajstić information content (AvgIpc) is 2.18. The molecule has 0 saturated heterocycles. The minimum absolute atomic E-state index is 0.309. The van der Waals surface area contributed by atoms with Crippen LogP contribution in [-0.4, -0.2) is 51.3 Å². The van der Waals surface area contributed by atoms with Crippen LogP contribution in [0.2, 0.25) is 0 Å². The highest BCUT2D eigenvalue weighted by atomic mass is 16.5. The van der Waals surface area contributed by atoms with Crippen LogP contribution in [0.3, 0.4) is 0 Å². The Bertz CT molecular complexity index is 204. The van der Waals surface area contributed by atoms with E-state index in [-0.39, 0.29) is 5.97 Å². The van der Waals surface area contributed by atoms with Crippen LogP contribution < -0.4 is 0 Å². The Balaban J connectivity index is 3.70. The van der Waals surface area contributed by atoms with Crippen molar-refractivity contribution in [3.63, 3.8) is 0 Å². The predicted octanol–water partition coefficient (Wildman–Crippen LogP) is 1.07. The Morgan fingerprint density at radius 1 is 1.47 bits per heavy atom. The Morgan fingerprint density at radius 2 is 2.13 bits per heavy atom. The monoisotopic (exact) mass is 215 g/mol. The quantitative estimate of drug-likeness (QED) is 0.345. The molecule has 0 spiro atoms. The van der Waals surface area contributed by atoms with Gasteiger partial charge in [-0.1, -0.05) is 6.58 Å². The Labute approximate surface area is 91.8 Å². The van der Waals surface area contributed by atoms with Crippen LogP contribution in [0, 0.1) is 0 Å². The van der Waals surface area contributed by atoms with E-state index in [1.165, 1.54) is 0 Å². The molecule has 0 heterocycles. The van der Waals surface area contributed by atoms with Gasteiger partial charge in [0.25, 0.3) is 0 Å². The highest BCUT2D eigenvalue weighted by molar-refractivity contribution is 5.88. The largest absolute Gasteiger partial charge is 0.463 e. The van der Waals surface area contributed by atoms with E-state index in [4.69, 9.17) is 9.47 Å². The van der Waals surface area contributed by atoms with E-state index < -0.39 is 0 Å². The normalized spacial score (nSPS) is 10.4. The lowest BCUT2D eigenvalue weighted by atomic mass is 10.3. The van der Waals surface area contributed by atoms with Crippen LogP contribution in [0.1, 0.15) is 13.3 Å². The van der Waals surface area contributed by atoms with Crippen molar-refractivity contribution in [2.45, 2.75) is 13.3 Å². The van der Waals surface area contributed by atoms with Gasteiger partial charge in [0.05, 0.1) is 6.61 Å². The molecule has 0 rings (SSSR count). The van der Waals surface area contributed by atoms with Gasteiger partial charge in [0, 0.05) is 32.4 Å². The van der Waals surface area contributed by atoms with Crippen molar-refractivity contribution < 1.29 is 14.3 Å². The molecule has 0 radical (unpaired) electrons. The summed E-state index contributed by atoms with van der Waals surface area (Å²) >= 11 is 0. The maximum Gasteiger partial charge on any atom is 0.334 e. The number of likely N-dealkylation sites (N-methyl/N-ethyl adjacent to an activating group) is 1. The molecule has 0 aliphatic carbocycles. The van der Waals surface area contributed by atoms with Gasteiger partial charge in [0.2, 0.25) is 0 Å². The molecular formula is C11H21NO3. The topological polar surface area (TPSA) is 38.8 Å². The first kappa shape index (κ1) is 14.1. The zero-order valence-corrected chi connectivity index (χ0v) is 9.91. The molecule has 0 saturated carbocycles. The third-order valence-corrected chi connectivity index (χ3v) is 1.91. The summed E-state index contributed by atoms with van der Waals surface area (Å²) in [7, 11) is 3.62. The number of nitrogens with zero attached hydrogens (tertiary/aromatic N) is 1. The van der Waals surface area contributed by atoms with E-state index in [2.05, 4.69) is 6.58 Å². The third kappa shape index (κ3) is 7.11. The van der Waals surface area contributed by atoms with Gasteiger partial charge in [-0.3, -0.25) is 0 Å². The standard InChI is InChI=1S/C11H21NO3/c1-5-15-11(13)10(2)9-12(3)7-6-8-14-4/h2,5-9H2,1,3-4H3. The van der Waals surface area contributed by atoms with Crippen molar-refractivity contribution in [1.29, 1.82) is 0 Å². The molecule has 15 heavy (non-hydrogen) atoms. The highest BCUT2D eigenvalue weighted by Crippen LogP contribution is 1.99. The molecule has 0 atom stereocenters. The summed E-state index contributed by atoms with van der Waals surface area (Å²) in [6.45, 7) is 8.03. The van der Waals surface area contributed by atoms with Gasteiger partial charge in [0.15, 0.2) is 0 Å². The van der Waals surface area contributed by atoms with E-state index in [0.29, 0.717) is 18.7 Å². The van der Waals surface area contributed by atoms with Gasteiger partial charge in [-0.2, -0.15) is 0 Å². The average molecular weight is 215 g/mol. The van der Waals surface area contributed by atoms with Crippen LogP contribution >= 0.6 is 0 Å². The Morgan fingerprint density at radius 3 is 2.67 bits per heavy atom. The lowest BCUT2D eigenvalue weighted by molar-refractivity contribution is -0.138. The van der Waals surface area contributed by atoms with Crippen molar-refractivity contribution in [2.24, 2.45) is 0 Å².